The summed E-state index contributed by atoms with van der Waals surface area (Å²) < 4.78 is 5.32. The van der Waals surface area contributed by atoms with Crippen LogP contribution in [0.2, 0.25) is 10.0 Å². The molecule has 0 radical (unpaired) electrons. The van der Waals surface area contributed by atoms with E-state index >= 15 is 0 Å². The van der Waals surface area contributed by atoms with Crippen LogP contribution in [0.5, 0.6) is 5.75 Å². The molecular weight excluding hydrogens is 387 g/mol. The fraction of sp³-hybridized carbons (Fsp3) is 0.263. The van der Waals surface area contributed by atoms with E-state index in [4.69, 9.17) is 33.7 Å². The van der Waals surface area contributed by atoms with Crippen molar-refractivity contribution in [3.8, 4) is 5.75 Å². The lowest BCUT2D eigenvalue weighted by Gasteiger charge is -2.22. The average molecular weight is 409 g/mol. The zero-order valence-electron chi connectivity index (χ0n) is 15.2. The predicted octanol–water partition coefficient (Wildman–Crippen LogP) is 3.06. The molecular formula is C19H22Cl2N4O2. The number of carbonyl (C=O) groups excluding carboxylic acids is 1. The Kier molecular flexibility index (Phi) is 7.76. The first-order chi connectivity index (χ1) is 12.9. The summed E-state index contributed by atoms with van der Waals surface area (Å²) in [7, 11) is 3.66. The van der Waals surface area contributed by atoms with E-state index in [-0.39, 0.29) is 6.61 Å². The minimum atomic E-state index is -0.511. The zero-order chi connectivity index (χ0) is 19.8. The molecule has 8 heteroatoms. The third kappa shape index (κ3) is 6.66. The normalized spacial score (nSPS) is 11.2. The van der Waals surface area contributed by atoms with Crippen LogP contribution < -0.4 is 15.8 Å². The lowest BCUT2D eigenvalue weighted by atomic mass is 10.2. The topological polar surface area (TPSA) is 80.0 Å². The molecule has 0 aliphatic rings. The monoisotopic (exact) mass is 408 g/mol. The van der Waals surface area contributed by atoms with Gasteiger partial charge in [0.1, 0.15) is 5.75 Å². The summed E-state index contributed by atoms with van der Waals surface area (Å²) in [4.78, 5) is 17.1. The summed E-state index contributed by atoms with van der Waals surface area (Å²) in [5.74, 6) is 0.805. The number of nitrogens with two attached hydrogens (primary N) is 1. The van der Waals surface area contributed by atoms with E-state index in [0.717, 1.165) is 17.1 Å². The molecule has 0 atom stereocenters. The van der Waals surface area contributed by atoms with E-state index in [1.165, 1.54) is 0 Å². The molecule has 0 aliphatic carbocycles. The number of aliphatic imine (C=N–C) groups is 1. The number of primary amides is 1. The predicted molar refractivity (Wildman–Crippen MR) is 109 cm³/mol. The lowest BCUT2D eigenvalue weighted by Crippen LogP contribution is -2.38. The zero-order valence-corrected chi connectivity index (χ0v) is 16.7. The Bertz CT molecular complexity index is 827. The highest BCUT2D eigenvalue weighted by molar-refractivity contribution is 6.42. The minimum Gasteiger partial charge on any atom is -0.484 e. The molecule has 0 heterocycles. The second-order valence-corrected chi connectivity index (χ2v) is 6.72. The van der Waals surface area contributed by atoms with Gasteiger partial charge in [-0.05, 0) is 35.4 Å². The number of nitrogens with zero attached hydrogens (tertiary/aromatic N) is 2. The maximum absolute atomic E-state index is 10.8. The van der Waals surface area contributed by atoms with E-state index in [0.29, 0.717) is 28.9 Å². The molecule has 6 nitrogen and oxygen atoms in total. The number of nitrogens with one attached hydrogen (secondary N) is 1. The van der Waals surface area contributed by atoms with Crippen LogP contribution in [0.3, 0.4) is 0 Å². The van der Waals surface area contributed by atoms with Crippen LogP contribution >= 0.6 is 23.2 Å². The molecule has 3 N–H and O–H groups in total. The molecule has 0 bridgehead atoms. The van der Waals surface area contributed by atoms with E-state index in [2.05, 4.69) is 10.3 Å². The van der Waals surface area contributed by atoms with Gasteiger partial charge in [-0.1, -0.05) is 41.4 Å². The number of ether oxygens (including phenoxy) is 1. The second-order valence-electron chi connectivity index (χ2n) is 5.91. The maximum atomic E-state index is 10.8. The summed E-state index contributed by atoms with van der Waals surface area (Å²) in [6.07, 6.45) is 0. The van der Waals surface area contributed by atoms with Crippen molar-refractivity contribution in [2.24, 2.45) is 10.7 Å². The van der Waals surface area contributed by atoms with Crippen molar-refractivity contribution in [2.75, 3.05) is 20.7 Å². The van der Waals surface area contributed by atoms with E-state index in [9.17, 15) is 4.79 Å². The summed E-state index contributed by atoms with van der Waals surface area (Å²) in [5, 5.41) is 4.35. The molecule has 0 fully saturated rings. The lowest BCUT2D eigenvalue weighted by molar-refractivity contribution is -0.119. The van der Waals surface area contributed by atoms with Crippen LogP contribution in [0.1, 0.15) is 11.1 Å². The Balaban J connectivity index is 1.95. The van der Waals surface area contributed by atoms with Gasteiger partial charge in [0, 0.05) is 27.2 Å². The highest BCUT2D eigenvalue weighted by Gasteiger charge is 2.08. The Hall–Kier alpha value is -2.44. The first kappa shape index (κ1) is 20.9. The van der Waals surface area contributed by atoms with Crippen LogP contribution in [-0.4, -0.2) is 37.5 Å². The summed E-state index contributed by atoms with van der Waals surface area (Å²) in [6.45, 7) is 1.02. The molecule has 0 aromatic heterocycles. The Labute approximate surface area is 168 Å². The number of amides is 1. The van der Waals surface area contributed by atoms with Crippen molar-refractivity contribution in [2.45, 2.75) is 13.1 Å². The van der Waals surface area contributed by atoms with Gasteiger partial charge in [0.25, 0.3) is 5.91 Å². The van der Waals surface area contributed by atoms with E-state index in [1.807, 2.05) is 42.3 Å². The minimum absolute atomic E-state index is 0.148. The molecule has 2 aromatic carbocycles. The largest absolute Gasteiger partial charge is 0.484 e. The first-order valence-electron chi connectivity index (χ1n) is 8.25. The van der Waals surface area contributed by atoms with Gasteiger partial charge in [0.15, 0.2) is 12.6 Å². The number of halogens is 2. The highest BCUT2D eigenvalue weighted by Crippen LogP contribution is 2.23. The molecule has 0 saturated carbocycles. The molecule has 0 aliphatic heterocycles. The molecule has 27 heavy (non-hydrogen) atoms. The summed E-state index contributed by atoms with van der Waals surface area (Å²) >= 11 is 12.0. The van der Waals surface area contributed by atoms with Crippen LogP contribution in [0.4, 0.5) is 0 Å². The Morgan fingerprint density at radius 2 is 1.96 bits per heavy atom. The van der Waals surface area contributed by atoms with Gasteiger partial charge in [-0.25, -0.2) is 0 Å². The van der Waals surface area contributed by atoms with Crippen molar-refractivity contribution >= 4 is 35.1 Å². The smallest absolute Gasteiger partial charge is 0.255 e. The number of benzene rings is 2. The molecule has 0 unspecified atom stereocenters. The molecule has 0 saturated heterocycles. The van der Waals surface area contributed by atoms with Crippen molar-refractivity contribution in [3.63, 3.8) is 0 Å². The van der Waals surface area contributed by atoms with Crippen molar-refractivity contribution in [1.29, 1.82) is 0 Å². The van der Waals surface area contributed by atoms with Gasteiger partial charge in [-0.2, -0.15) is 0 Å². The molecule has 2 aromatic rings. The maximum Gasteiger partial charge on any atom is 0.255 e. The standard InChI is InChI=1S/C19H22Cl2N4O2/c1-23-19(25(2)11-14-6-7-16(20)17(21)9-14)24-10-13-4-3-5-15(8-13)27-12-18(22)26/h3-9H,10-12H2,1-2H3,(H2,22,26)(H,23,24). The average Bonchev–Trinajstić information content (AvgIpc) is 2.64. The third-order valence-corrected chi connectivity index (χ3v) is 4.45. The third-order valence-electron chi connectivity index (χ3n) is 3.71. The first-order valence-corrected chi connectivity index (χ1v) is 9.00. The molecule has 144 valence electrons. The van der Waals surface area contributed by atoms with Crippen LogP contribution in [0, 0.1) is 0 Å². The van der Waals surface area contributed by atoms with Crippen LogP contribution in [0.25, 0.3) is 0 Å². The number of rotatable bonds is 7. The Morgan fingerprint density at radius 3 is 2.63 bits per heavy atom. The number of guanidine groups is 1. The fourth-order valence-corrected chi connectivity index (χ4v) is 2.77. The van der Waals surface area contributed by atoms with Crippen molar-refractivity contribution < 1.29 is 9.53 Å². The van der Waals surface area contributed by atoms with Crippen molar-refractivity contribution in [3.05, 3.63) is 63.6 Å². The molecule has 0 spiro atoms. The van der Waals surface area contributed by atoms with E-state index in [1.54, 1.807) is 19.2 Å². The van der Waals surface area contributed by atoms with Gasteiger partial charge in [0.05, 0.1) is 10.0 Å². The second kappa shape index (κ2) is 10.0. The number of carbonyl (C=O) groups is 1. The van der Waals surface area contributed by atoms with Crippen molar-refractivity contribution in [1.82, 2.24) is 10.2 Å². The van der Waals surface area contributed by atoms with E-state index < -0.39 is 5.91 Å². The van der Waals surface area contributed by atoms with Gasteiger partial charge in [-0.3, -0.25) is 9.79 Å². The summed E-state index contributed by atoms with van der Waals surface area (Å²) in [6, 6.07) is 13.0. The number of hydrogen-bond acceptors (Lipinski definition) is 3. The van der Waals surface area contributed by atoms with Gasteiger partial charge in [0.2, 0.25) is 0 Å². The number of hydrogen-bond donors (Lipinski definition) is 2. The van der Waals surface area contributed by atoms with Gasteiger partial charge >= 0.3 is 0 Å². The van der Waals surface area contributed by atoms with Gasteiger partial charge < -0.3 is 20.7 Å². The fourth-order valence-electron chi connectivity index (χ4n) is 2.45. The summed E-state index contributed by atoms with van der Waals surface area (Å²) in [5.41, 5.74) is 7.11. The van der Waals surface area contributed by atoms with Crippen LogP contribution in [0.15, 0.2) is 47.5 Å². The quantitative estimate of drug-likeness (QED) is 0.544. The van der Waals surface area contributed by atoms with Gasteiger partial charge in [-0.15, -0.1) is 0 Å². The molecule has 1 amide bonds. The highest BCUT2D eigenvalue weighted by atomic mass is 35.5. The Morgan fingerprint density at radius 1 is 1.19 bits per heavy atom. The molecule has 2 rings (SSSR count). The SMILES string of the molecule is CN=C(NCc1cccc(OCC(N)=O)c1)N(C)Cc1ccc(Cl)c(Cl)c1. The van der Waals surface area contributed by atoms with Crippen LogP contribution in [-0.2, 0) is 17.9 Å².